The van der Waals surface area contributed by atoms with Crippen LogP contribution in [0.5, 0.6) is 0 Å². The summed E-state index contributed by atoms with van der Waals surface area (Å²) in [5, 5.41) is 2.80. The van der Waals surface area contributed by atoms with Crippen molar-refractivity contribution in [3.8, 4) is 0 Å². The molecule has 0 fully saturated rings. The van der Waals surface area contributed by atoms with E-state index in [2.05, 4.69) is 28.7 Å². The number of aryl methyl sites for hydroxylation is 1. The Balaban J connectivity index is 1.61. The summed E-state index contributed by atoms with van der Waals surface area (Å²) in [5.41, 5.74) is 2.67. The molecular formula is C23H27N3O3S. The topological polar surface area (TPSA) is 81.1 Å². The van der Waals surface area contributed by atoms with Crippen molar-refractivity contribution in [2.45, 2.75) is 44.6 Å². The zero-order valence-corrected chi connectivity index (χ0v) is 18.3. The zero-order valence-electron chi connectivity index (χ0n) is 17.5. The Hall–Kier alpha value is -2.93. The van der Waals surface area contributed by atoms with Crippen LogP contribution >= 0.6 is 0 Å². The molecule has 30 heavy (non-hydrogen) atoms. The number of hydrogen-bond donors (Lipinski definition) is 1. The maximum atomic E-state index is 12.4. The van der Waals surface area contributed by atoms with E-state index >= 15 is 0 Å². The van der Waals surface area contributed by atoms with E-state index in [0.29, 0.717) is 18.2 Å². The minimum atomic E-state index is -3.49. The highest BCUT2D eigenvalue weighted by molar-refractivity contribution is 7.91. The van der Waals surface area contributed by atoms with Crippen LogP contribution in [0.1, 0.15) is 43.1 Å². The van der Waals surface area contributed by atoms with E-state index in [4.69, 9.17) is 0 Å². The van der Waals surface area contributed by atoms with Crippen molar-refractivity contribution in [2.75, 3.05) is 11.1 Å². The normalized spacial score (nSPS) is 11.6. The number of sulfone groups is 1. The summed E-state index contributed by atoms with van der Waals surface area (Å²) in [6.07, 6.45) is 3.63. The van der Waals surface area contributed by atoms with Gasteiger partial charge in [-0.2, -0.15) is 0 Å². The Kier molecular flexibility index (Phi) is 6.72. The van der Waals surface area contributed by atoms with Crippen molar-refractivity contribution in [1.82, 2.24) is 9.55 Å². The third-order valence-corrected chi connectivity index (χ3v) is 6.54. The molecule has 1 amide bonds. The van der Waals surface area contributed by atoms with Crippen LogP contribution in [-0.2, 0) is 21.2 Å². The molecule has 0 unspecified atom stereocenters. The first-order valence-corrected chi connectivity index (χ1v) is 11.6. The molecule has 1 N–H and O–H groups in total. The lowest BCUT2D eigenvalue weighted by atomic mass is 10.1. The Morgan fingerprint density at radius 1 is 1.13 bits per heavy atom. The Morgan fingerprint density at radius 3 is 2.57 bits per heavy atom. The average molecular weight is 426 g/mol. The predicted octanol–water partition coefficient (Wildman–Crippen LogP) is 4.17. The van der Waals surface area contributed by atoms with Gasteiger partial charge in [-0.25, -0.2) is 13.4 Å². The molecule has 0 aliphatic rings. The Labute approximate surface area is 177 Å². The summed E-state index contributed by atoms with van der Waals surface area (Å²) in [4.78, 5) is 17.0. The number of nitrogens with one attached hydrogen (secondary N) is 1. The molecule has 0 saturated carbocycles. The number of rotatable bonds is 8. The fourth-order valence-electron chi connectivity index (χ4n) is 3.21. The lowest BCUT2D eigenvalue weighted by molar-refractivity contribution is -0.115. The Morgan fingerprint density at radius 2 is 1.87 bits per heavy atom. The second-order valence-corrected chi connectivity index (χ2v) is 9.81. The predicted molar refractivity (Wildman–Crippen MR) is 118 cm³/mol. The molecule has 3 rings (SSSR count). The van der Waals surface area contributed by atoms with E-state index in [-0.39, 0.29) is 23.0 Å². The van der Waals surface area contributed by atoms with Gasteiger partial charge in [-0.15, -0.1) is 0 Å². The lowest BCUT2D eigenvalue weighted by Gasteiger charge is -2.12. The van der Waals surface area contributed by atoms with Gasteiger partial charge in [0, 0.05) is 37.0 Å². The van der Waals surface area contributed by atoms with Crippen LogP contribution in [-0.4, -0.2) is 29.6 Å². The Bertz CT molecular complexity index is 1120. The maximum absolute atomic E-state index is 12.4. The minimum Gasteiger partial charge on any atom is -0.330 e. The molecule has 0 atom stereocenters. The van der Waals surface area contributed by atoms with E-state index in [0.717, 1.165) is 17.0 Å². The van der Waals surface area contributed by atoms with Crippen molar-refractivity contribution in [3.05, 3.63) is 77.9 Å². The molecule has 7 heteroatoms. The number of carbonyl (C=O) groups excluding carboxylic acids is 1. The summed E-state index contributed by atoms with van der Waals surface area (Å²) in [6.45, 7) is 6.74. The van der Waals surface area contributed by atoms with Gasteiger partial charge in [0.25, 0.3) is 0 Å². The summed E-state index contributed by atoms with van der Waals surface area (Å²) >= 11 is 0. The quantitative estimate of drug-likeness (QED) is 0.587. The molecule has 0 aliphatic carbocycles. The average Bonchev–Trinajstić information content (AvgIpc) is 3.15. The van der Waals surface area contributed by atoms with E-state index in [1.54, 1.807) is 36.5 Å². The smallest absolute Gasteiger partial charge is 0.225 e. The molecule has 158 valence electrons. The molecule has 0 aliphatic heterocycles. The lowest BCUT2D eigenvalue weighted by Crippen LogP contribution is -2.17. The van der Waals surface area contributed by atoms with Gasteiger partial charge >= 0.3 is 0 Å². The molecule has 3 aromatic rings. The third kappa shape index (κ3) is 5.57. The molecular weight excluding hydrogens is 398 g/mol. The van der Waals surface area contributed by atoms with Gasteiger partial charge in [0.2, 0.25) is 5.91 Å². The van der Waals surface area contributed by atoms with Crippen molar-refractivity contribution in [2.24, 2.45) is 0 Å². The van der Waals surface area contributed by atoms with Crippen LogP contribution in [0.4, 0.5) is 5.69 Å². The van der Waals surface area contributed by atoms with Gasteiger partial charge in [0.1, 0.15) is 5.82 Å². The number of carbonyl (C=O) groups is 1. The molecule has 2 aromatic carbocycles. The number of nitrogens with zero attached hydrogens (tertiary/aromatic N) is 2. The fourth-order valence-corrected chi connectivity index (χ4v) is 4.45. The number of benzene rings is 2. The standard InChI is InChI=1S/C23H27N3O3S/c1-17(2)23-24-12-13-26(23)16-19-5-4-6-20(15-19)25-22(27)11-14-30(28,29)21-9-7-18(3)8-10-21/h4-10,12-13,15,17H,11,14,16H2,1-3H3,(H,25,27). The molecule has 0 bridgehead atoms. The van der Waals surface area contributed by atoms with Gasteiger partial charge in [0.05, 0.1) is 10.6 Å². The van der Waals surface area contributed by atoms with Crippen LogP contribution in [0.25, 0.3) is 0 Å². The van der Waals surface area contributed by atoms with Crippen molar-refractivity contribution in [1.29, 1.82) is 0 Å². The van der Waals surface area contributed by atoms with Gasteiger partial charge in [0.15, 0.2) is 9.84 Å². The molecule has 6 nitrogen and oxygen atoms in total. The second kappa shape index (κ2) is 9.26. The van der Waals surface area contributed by atoms with Crippen molar-refractivity contribution in [3.63, 3.8) is 0 Å². The van der Waals surface area contributed by atoms with Gasteiger partial charge in [-0.3, -0.25) is 4.79 Å². The first-order valence-electron chi connectivity index (χ1n) is 9.94. The summed E-state index contributed by atoms with van der Waals surface area (Å²) in [5.74, 6) is 0.770. The van der Waals surface area contributed by atoms with Gasteiger partial charge in [-0.1, -0.05) is 43.7 Å². The van der Waals surface area contributed by atoms with Crippen molar-refractivity contribution >= 4 is 21.4 Å². The second-order valence-electron chi connectivity index (χ2n) is 7.70. The molecule has 1 aromatic heterocycles. The first kappa shape index (κ1) is 21.8. The highest BCUT2D eigenvalue weighted by atomic mass is 32.2. The summed E-state index contributed by atoms with van der Waals surface area (Å²) in [6, 6.07) is 14.2. The minimum absolute atomic E-state index is 0.0978. The first-order chi connectivity index (χ1) is 14.2. The highest BCUT2D eigenvalue weighted by Crippen LogP contribution is 2.17. The van der Waals surface area contributed by atoms with Crippen LogP contribution in [0.2, 0.25) is 0 Å². The van der Waals surface area contributed by atoms with E-state index in [1.165, 1.54) is 0 Å². The number of aromatic nitrogens is 2. The highest BCUT2D eigenvalue weighted by Gasteiger charge is 2.16. The number of imidazole rings is 1. The van der Waals surface area contributed by atoms with Crippen LogP contribution in [0, 0.1) is 6.92 Å². The van der Waals surface area contributed by atoms with Gasteiger partial charge in [-0.05, 0) is 36.8 Å². The molecule has 1 heterocycles. The zero-order chi connectivity index (χ0) is 21.7. The van der Waals surface area contributed by atoms with E-state index in [1.807, 2.05) is 31.3 Å². The number of anilines is 1. The SMILES string of the molecule is Cc1ccc(S(=O)(=O)CCC(=O)Nc2cccc(Cn3ccnc3C(C)C)c2)cc1. The third-order valence-electron chi connectivity index (χ3n) is 4.81. The largest absolute Gasteiger partial charge is 0.330 e. The molecule has 0 spiro atoms. The number of amides is 1. The maximum Gasteiger partial charge on any atom is 0.225 e. The number of hydrogen-bond acceptors (Lipinski definition) is 4. The summed E-state index contributed by atoms with van der Waals surface area (Å²) in [7, 11) is -3.49. The summed E-state index contributed by atoms with van der Waals surface area (Å²) < 4.78 is 26.9. The van der Waals surface area contributed by atoms with Crippen LogP contribution < -0.4 is 5.32 Å². The van der Waals surface area contributed by atoms with Crippen LogP contribution in [0.3, 0.4) is 0 Å². The molecule has 0 saturated heterocycles. The van der Waals surface area contributed by atoms with E-state index < -0.39 is 9.84 Å². The fraction of sp³-hybridized carbons (Fsp3) is 0.304. The van der Waals surface area contributed by atoms with Gasteiger partial charge < -0.3 is 9.88 Å². The molecule has 0 radical (unpaired) electrons. The van der Waals surface area contributed by atoms with Crippen molar-refractivity contribution < 1.29 is 13.2 Å². The monoisotopic (exact) mass is 425 g/mol. The van der Waals surface area contributed by atoms with E-state index in [9.17, 15) is 13.2 Å². The van der Waals surface area contributed by atoms with Crippen LogP contribution in [0.15, 0.2) is 65.8 Å².